The second-order valence-corrected chi connectivity index (χ2v) is 5.85. The van der Waals surface area contributed by atoms with E-state index in [1.807, 2.05) is 24.3 Å². The predicted octanol–water partition coefficient (Wildman–Crippen LogP) is 3.91. The van der Waals surface area contributed by atoms with Crippen LogP contribution in [0.4, 0.5) is 5.82 Å². The molecule has 1 unspecified atom stereocenters. The van der Waals surface area contributed by atoms with Gasteiger partial charge < -0.3 is 5.32 Å². The summed E-state index contributed by atoms with van der Waals surface area (Å²) in [5.41, 5.74) is 1.43. The monoisotopic (exact) mass is 290 g/mol. The van der Waals surface area contributed by atoms with Gasteiger partial charge in [-0.2, -0.15) is 0 Å². The summed E-state index contributed by atoms with van der Waals surface area (Å²) in [6, 6.07) is 7.89. The third-order valence-corrected chi connectivity index (χ3v) is 4.13. The average molecular weight is 291 g/mol. The summed E-state index contributed by atoms with van der Waals surface area (Å²) in [7, 11) is 0. The zero-order valence-electron chi connectivity index (χ0n) is 10.2. The molecule has 96 valence electrons. The van der Waals surface area contributed by atoms with E-state index in [0.717, 1.165) is 15.7 Å². The Morgan fingerprint density at radius 3 is 2.79 bits per heavy atom. The van der Waals surface area contributed by atoms with Crippen LogP contribution in [0.2, 0.25) is 4.34 Å². The Bertz CT molecular complexity index is 712. The van der Waals surface area contributed by atoms with E-state index in [0.29, 0.717) is 5.65 Å². The van der Waals surface area contributed by atoms with E-state index in [9.17, 15) is 0 Å². The molecule has 0 radical (unpaired) electrons. The molecule has 3 rings (SSSR count). The minimum Gasteiger partial charge on any atom is -0.363 e. The highest BCUT2D eigenvalue weighted by Gasteiger charge is 2.09. The zero-order valence-corrected chi connectivity index (χ0v) is 11.7. The Balaban J connectivity index is 1.84. The Kier molecular flexibility index (Phi) is 3.31. The lowest BCUT2D eigenvalue weighted by Gasteiger charge is -2.12. The summed E-state index contributed by atoms with van der Waals surface area (Å²) in [5.74, 6) is 0.782. The molecule has 6 heteroatoms. The van der Waals surface area contributed by atoms with Gasteiger partial charge in [-0.15, -0.1) is 11.3 Å². The molecular formula is C13H11ClN4S. The first-order chi connectivity index (χ1) is 9.22. The molecule has 0 bridgehead atoms. The smallest absolute Gasteiger partial charge is 0.180 e. The van der Waals surface area contributed by atoms with Crippen LogP contribution in [0, 0.1) is 0 Å². The third-order valence-electron chi connectivity index (χ3n) is 2.72. The van der Waals surface area contributed by atoms with E-state index in [2.05, 4.69) is 27.2 Å². The van der Waals surface area contributed by atoms with Crippen molar-refractivity contribution in [1.82, 2.24) is 15.0 Å². The van der Waals surface area contributed by atoms with E-state index in [-0.39, 0.29) is 6.04 Å². The normalized spacial score (nSPS) is 12.5. The second-order valence-electron chi connectivity index (χ2n) is 4.10. The molecule has 3 aromatic rings. The first-order valence-corrected chi connectivity index (χ1v) is 7.01. The van der Waals surface area contributed by atoms with Gasteiger partial charge in [-0.1, -0.05) is 11.6 Å². The highest BCUT2D eigenvalue weighted by atomic mass is 35.5. The molecule has 0 spiro atoms. The van der Waals surface area contributed by atoms with E-state index in [1.165, 1.54) is 4.88 Å². The minimum absolute atomic E-state index is 0.152. The molecule has 0 saturated carbocycles. The van der Waals surface area contributed by atoms with Crippen molar-refractivity contribution in [3.8, 4) is 0 Å². The van der Waals surface area contributed by atoms with Crippen LogP contribution in [0.15, 0.2) is 36.7 Å². The van der Waals surface area contributed by atoms with Crippen LogP contribution in [-0.4, -0.2) is 15.0 Å². The van der Waals surface area contributed by atoms with E-state index >= 15 is 0 Å². The summed E-state index contributed by atoms with van der Waals surface area (Å²) < 4.78 is 0.793. The van der Waals surface area contributed by atoms with Crippen molar-refractivity contribution in [2.45, 2.75) is 13.0 Å². The molecule has 0 amide bonds. The van der Waals surface area contributed by atoms with E-state index < -0.39 is 0 Å². The molecule has 3 heterocycles. The maximum atomic E-state index is 5.94. The van der Waals surface area contributed by atoms with Gasteiger partial charge in [-0.25, -0.2) is 9.97 Å². The molecule has 0 aliphatic rings. The van der Waals surface area contributed by atoms with Crippen LogP contribution >= 0.6 is 22.9 Å². The van der Waals surface area contributed by atoms with Crippen LogP contribution in [0.3, 0.4) is 0 Å². The van der Waals surface area contributed by atoms with Gasteiger partial charge in [0.15, 0.2) is 5.65 Å². The van der Waals surface area contributed by atoms with E-state index in [4.69, 9.17) is 11.6 Å². The summed E-state index contributed by atoms with van der Waals surface area (Å²) in [5, 5.41) is 3.34. The maximum Gasteiger partial charge on any atom is 0.180 e. The topological polar surface area (TPSA) is 50.7 Å². The Morgan fingerprint density at radius 2 is 2.00 bits per heavy atom. The first kappa shape index (κ1) is 12.3. The fraction of sp³-hybridized carbons (Fsp3) is 0.154. The van der Waals surface area contributed by atoms with Crippen molar-refractivity contribution in [3.05, 3.63) is 45.9 Å². The molecule has 0 fully saturated rings. The van der Waals surface area contributed by atoms with Crippen molar-refractivity contribution >= 4 is 39.9 Å². The van der Waals surface area contributed by atoms with Crippen molar-refractivity contribution in [2.24, 2.45) is 0 Å². The predicted molar refractivity (Wildman–Crippen MR) is 78.7 cm³/mol. The highest BCUT2D eigenvalue weighted by molar-refractivity contribution is 7.16. The van der Waals surface area contributed by atoms with Crippen LogP contribution in [0.5, 0.6) is 0 Å². The van der Waals surface area contributed by atoms with Crippen LogP contribution < -0.4 is 5.32 Å². The minimum atomic E-state index is 0.152. The van der Waals surface area contributed by atoms with Crippen LogP contribution in [0.25, 0.3) is 11.2 Å². The molecular weight excluding hydrogens is 280 g/mol. The number of pyridine rings is 1. The van der Waals surface area contributed by atoms with Gasteiger partial charge in [0.1, 0.15) is 11.3 Å². The number of thiophene rings is 1. The fourth-order valence-electron chi connectivity index (χ4n) is 1.79. The molecule has 3 aromatic heterocycles. The van der Waals surface area contributed by atoms with Gasteiger partial charge >= 0.3 is 0 Å². The molecule has 0 aliphatic heterocycles. The molecule has 19 heavy (non-hydrogen) atoms. The standard InChI is InChI=1S/C13H11ClN4S/c1-8(10-3-4-11(14)19-10)17-12-5-2-9-13(18-12)16-7-6-15-9/h2-8H,1H3,(H,16,17,18). The van der Waals surface area contributed by atoms with Gasteiger partial charge in [-0.05, 0) is 31.2 Å². The summed E-state index contributed by atoms with van der Waals surface area (Å²) in [6.07, 6.45) is 3.30. The lowest BCUT2D eigenvalue weighted by atomic mass is 10.2. The molecule has 0 aliphatic carbocycles. The fourth-order valence-corrected chi connectivity index (χ4v) is 2.85. The summed E-state index contributed by atoms with van der Waals surface area (Å²) >= 11 is 7.51. The van der Waals surface area contributed by atoms with Gasteiger partial charge in [-0.3, -0.25) is 4.98 Å². The number of hydrogen-bond acceptors (Lipinski definition) is 5. The number of rotatable bonds is 3. The lowest BCUT2D eigenvalue weighted by molar-refractivity contribution is 0.898. The zero-order chi connectivity index (χ0) is 13.2. The molecule has 4 nitrogen and oxygen atoms in total. The van der Waals surface area contributed by atoms with Crippen LogP contribution in [0.1, 0.15) is 17.8 Å². The first-order valence-electron chi connectivity index (χ1n) is 5.82. The summed E-state index contributed by atoms with van der Waals surface area (Å²) in [4.78, 5) is 14.0. The van der Waals surface area contributed by atoms with Crippen molar-refractivity contribution in [2.75, 3.05) is 5.32 Å². The number of halogens is 1. The summed E-state index contributed by atoms with van der Waals surface area (Å²) in [6.45, 7) is 2.07. The number of nitrogens with zero attached hydrogens (tertiary/aromatic N) is 3. The second kappa shape index (κ2) is 5.11. The highest BCUT2D eigenvalue weighted by Crippen LogP contribution is 2.28. The quantitative estimate of drug-likeness (QED) is 0.794. The van der Waals surface area contributed by atoms with Crippen LogP contribution in [-0.2, 0) is 0 Å². The third kappa shape index (κ3) is 2.67. The molecule has 0 saturated heterocycles. The Morgan fingerprint density at radius 1 is 1.16 bits per heavy atom. The van der Waals surface area contributed by atoms with Gasteiger partial charge in [0, 0.05) is 17.3 Å². The molecule has 1 atom stereocenters. The number of nitrogens with one attached hydrogen (secondary N) is 1. The Hall–Kier alpha value is -1.72. The van der Waals surface area contributed by atoms with Gasteiger partial charge in [0.25, 0.3) is 0 Å². The maximum absolute atomic E-state index is 5.94. The molecule has 1 N–H and O–H groups in total. The largest absolute Gasteiger partial charge is 0.363 e. The van der Waals surface area contributed by atoms with Crippen molar-refractivity contribution < 1.29 is 0 Å². The Labute approximate surface area is 119 Å². The average Bonchev–Trinajstić information content (AvgIpc) is 2.85. The van der Waals surface area contributed by atoms with Crippen molar-refractivity contribution in [3.63, 3.8) is 0 Å². The number of fused-ring (bicyclic) bond motifs is 1. The van der Waals surface area contributed by atoms with E-state index in [1.54, 1.807) is 23.7 Å². The number of aromatic nitrogens is 3. The molecule has 0 aromatic carbocycles. The number of anilines is 1. The van der Waals surface area contributed by atoms with Gasteiger partial charge in [0.2, 0.25) is 0 Å². The SMILES string of the molecule is CC(Nc1ccc2nccnc2n1)c1ccc(Cl)s1. The van der Waals surface area contributed by atoms with Gasteiger partial charge in [0.05, 0.1) is 10.4 Å². The van der Waals surface area contributed by atoms with Crippen molar-refractivity contribution in [1.29, 1.82) is 0 Å². The lowest BCUT2D eigenvalue weighted by Crippen LogP contribution is -2.06. The number of hydrogen-bond donors (Lipinski definition) is 1.